The Morgan fingerprint density at radius 1 is 1.00 bits per heavy atom. The lowest BCUT2D eigenvalue weighted by atomic mass is 9.96. The first-order chi connectivity index (χ1) is 15.2. The maximum atomic E-state index is 13.2. The van der Waals surface area contributed by atoms with E-state index < -0.39 is 0 Å². The van der Waals surface area contributed by atoms with Gasteiger partial charge in [-0.25, -0.2) is 4.98 Å². The molecule has 1 aliphatic rings. The summed E-state index contributed by atoms with van der Waals surface area (Å²) >= 11 is 0. The molecule has 6 nitrogen and oxygen atoms in total. The number of carbonyl (C=O) groups excluding carboxylic acids is 1. The predicted octanol–water partition coefficient (Wildman–Crippen LogP) is 3.49. The number of nitrogens with zero attached hydrogens (tertiary/aromatic N) is 5. The van der Waals surface area contributed by atoms with Gasteiger partial charge in [-0.1, -0.05) is 30.3 Å². The number of amides is 1. The molecule has 1 aliphatic heterocycles. The summed E-state index contributed by atoms with van der Waals surface area (Å²) in [5.41, 5.74) is 3.44. The van der Waals surface area contributed by atoms with Crippen molar-refractivity contribution in [3.05, 3.63) is 72.6 Å². The fourth-order valence-electron chi connectivity index (χ4n) is 4.35. The normalized spacial score (nSPS) is 17.7. The molecular formula is C25H31N5O. The molecule has 3 aromatic rings. The van der Waals surface area contributed by atoms with E-state index in [1.807, 2.05) is 29.6 Å². The van der Waals surface area contributed by atoms with Gasteiger partial charge in [-0.15, -0.1) is 0 Å². The highest BCUT2D eigenvalue weighted by Gasteiger charge is 2.30. The van der Waals surface area contributed by atoms with Crippen LogP contribution >= 0.6 is 0 Å². The lowest BCUT2D eigenvalue weighted by Crippen LogP contribution is -2.37. The summed E-state index contributed by atoms with van der Waals surface area (Å²) in [6.45, 7) is 9.07. The molecule has 2 aromatic heterocycles. The fourth-order valence-corrected chi connectivity index (χ4v) is 4.35. The van der Waals surface area contributed by atoms with E-state index in [9.17, 15) is 4.79 Å². The number of aryl methyl sites for hydroxylation is 1. The maximum Gasteiger partial charge on any atom is 0.227 e. The molecule has 0 unspecified atom stereocenters. The van der Waals surface area contributed by atoms with Crippen molar-refractivity contribution in [1.82, 2.24) is 24.3 Å². The molecule has 0 radical (unpaired) electrons. The van der Waals surface area contributed by atoms with Crippen LogP contribution in [-0.4, -0.2) is 56.4 Å². The highest BCUT2D eigenvalue weighted by Crippen LogP contribution is 2.22. The average Bonchev–Trinajstić information content (AvgIpc) is 3.20. The minimum atomic E-state index is -0.0447. The lowest BCUT2D eigenvalue weighted by Gasteiger charge is -2.23. The van der Waals surface area contributed by atoms with Crippen LogP contribution in [0, 0.1) is 5.92 Å². The van der Waals surface area contributed by atoms with Crippen molar-refractivity contribution in [3.8, 4) is 11.1 Å². The van der Waals surface area contributed by atoms with Crippen molar-refractivity contribution in [1.29, 1.82) is 0 Å². The molecule has 1 saturated heterocycles. The second kappa shape index (κ2) is 9.88. The number of imidazole rings is 1. The van der Waals surface area contributed by atoms with Gasteiger partial charge < -0.3 is 9.47 Å². The monoisotopic (exact) mass is 417 g/mol. The molecule has 6 heteroatoms. The van der Waals surface area contributed by atoms with Crippen molar-refractivity contribution >= 4 is 5.91 Å². The van der Waals surface area contributed by atoms with Crippen LogP contribution in [0.2, 0.25) is 0 Å². The van der Waals surface area contributed by atoms with Gasteiger partial charge in [-0.3, -0.25) is 14.7 Å². The molecule has 0 spiro atoms. The SMILES string of the molecule is CCN1CCN(Cc2nccn2CC)C[C@@H](Cc2ccc(-c3cccnc3)cc2)C1=O. The minimum Gasteiger partial charge on any atom is -0.341 e. The molecule has 0 bridgehead atoms. The van der Waals surface area contributed by atoms with Crippen LogP contribution < -0.4 is 0 Å². The highest BCUT2D eigenvalue weighted by atomic mass is 16.2. The minimum absolute atomic E-state index is 0.0447. The molecule has 1 atom stereocenters. The topological polar surface area (TPSA) is 54.3 Å². The average molecular weight is 418 g/mol. The van der Waals surface area contributed by atoms with Gasteiger partial charge in [0.15, 0.2) is 0 Å². The zero-order valence-corrected chi connectivity index (χ0v) is 18.4. The summed E-state index contributed by atoms with van der Waals surface area (Å²) in [5, 5.41) is 0. The summed E-state index contributed by atoms with van der Waals surface area (Å²) in [5.74, 6) is 1.29. The van der Waals surface area contributed by atoms with Crippen LogP contribution in [0.5, 0.6) is 0 Å². The molecule has 4 rings (SSSR count). The third-order valence-corrected chi connectivity index (χ3v) is 6.15. The lowest BCUT2D eigenvalue weighted by molar-refractivity contribution is -0.134. The fraction of sp³-hybridized carbons (Fsp3) is 0.400. The largest absolute Gasteiger partial charge is 0.341 e. The molecule has 3 heterocycles. The van der Waals surface area contributed by atoms with Gasteiger partial charge in [0.25, 0.3) is 0 Å². The van der Waals surface area contributed by atoms with Crippen molar-refractivity contribution in [2.24, 2.45) is 5.92 Å². The molecule has 0 aliphatic carbocycles. The second-order valence-electron chi connectivity index (χ2n) is 8.12. The standard InChI is InChI=1S/C25H31N5O/c1-3-29-13-12-27-24(29)19-28-14-15-30(4-2)25(31)23(18-28)16-20-7-9-21(10-8-20)22-6-5-11-26-17-22/h5-13,17,23H,3-4,14-16,18-19H2,1-2H3/t23-/m1/s1. The summed E-state index contributed by atoms with van der Waals surface area (Å²) in [7, 11) is 0. The Morgan fingerprint density at radius 3 is 2.55 bits per heavy atom. The quantitative estimate of drug-likeness (QED) is 0.591. The summed E-state index contributed by atoms with van der Waals surface area (Å²) < 4.78 is 2.18. The Bertz CT molecular complexity index is 983. The molecule has 1 aromatic carbocycles. The Hall–Kier alpha value is -2.99. The number of hydrogen-bond acceptors (Lipinski definition) is 4. The van der Waals surface area contributed by atoms with Crippen molar-refractivity contribution < 1.29 is 4.79 Å². The number of carbonyl (C=O) groups is 1. The Balaban J connectivity index is 1.49. The van der Waals surface area contributed by atoms with Crippen LogP contribution in [-0.2, 0) is 24.3 Å². The van der Waals surface area contributed by atoms with Gasteiger partial charge in [0.05, 0.1) is 12.5 Å². The predicted molar refractivity (Wildman–Crippen MR) is 122 cm³/mol. The van der Waals surface area contributed by atoms with E-state index in [2.05, 4.69) is 63.6 Å². The summed E-state index contributed by atoms with van der Waals surface area (Å²) in [4.78, 5) is 26.3. The van der Waals surface area contributed by atoms with Crippen molar-refractivity contribution in [2.45, 2.75) is 33.4 Å². The Morgan fingerprint density at radius 2 is 1.84 bits per heavy atom. The van der Waals surface area contributed by atoms with Gasteiger partial charge in [-0.05, 0) is 43.0 Å². The van der Waals surface area contributed by atoms with E-state index in [1.165, 1.54) is 5.56 Å². The first-order valence-corrected chi connectivity index (χ1v) is 11.2. The van der Waals surface area contributed by atoms with Gasteiger partial charge in [-0.2, -0.15) is 0 Å². The van der Waals surface area contributed by atoms with Crippen LogP contribution in [0.1, 0.15) is 25.2 Å². The summed E-state index contributed by atoms with van der Waals surface area (Å²) in [6, 6.07) is 12.6. The van der Waals surface area contributed by atoms with E-state index >= 15 is 0 Å². The molecule has 0 N–H and O–H groups in total. The zero-order valence-electron chi connectivity index (χ0n) is 18.4. The van der Waals surface area contributed by atoms with Crippen LogP contribution in [0.15, 0.2) is 61.2 Å². The second-order valence-corrected chi connectivity index (χ2v) is 8.12. The van der Waals surface area contributed by atoms with Gasteiger partial charge in [0.1, 0.15) is 5.82 Å². The Labute approximate surface area is 184 Å². The third-order valence-electron chi connectivity index (χ3n) is 6.15. The first kappa shape index (κ1) is 21.2. The number of rotatable bonds is 7. The number of benzene rings is 1. The van der Waals surface area contributed by atoms with E-state index in [0.29, 0.717) is 0 Å². The molecule has 1 amide bonds. The van der Waals surface area contributed by atoms with Crippen LogP contribution in [0.4, 0.5) is 0 Å². The van der Waals surface area contributed by atoms with Gasteiger partial charge >= 0.3 is 0 Å². The molecule has 162 valence electrons. The number of hydrogen-bond donors (Lipinski definition) is 0. The van der Waals surface area contributed by atoms with E-state index in [4.69, 9.17) is 0 Å². The highest BCUT2D eigenvalue weighted by molar-refractivity contribution is 5.79. The smallest absolute Gasteiger partial charge is 0.227 e. The number of pyridine rings is 1. The number of aromatic nitrogens is 3. The van der Waals surface area contributed by atoms with Gasteiger partial charge in [0, 0.05) is 57.5 Å². The molecule has 1 fully saturated rings. The summed E-state index contributed by atoms with van der Waals surface area (Å²) in [6.07, 6.45) is 8.30. The molecule has 0 saturated carbocycles. The van der Waals surface area contributed by atoms with Crippen molar-refractivity contribution in [2.75, 3.05) is 26.2 Å². The van der Waals surface area contributed by atoms with E-state index in [0.717, 1.165) is 62.6 Å². The maximum absolute atomic E-state index is 13.2. The number of likely N-dealkylation sites (N-methyl/N-ethyl adjacent to an activating group) is 1. The zero-order chi connectivity index (χ0) is 21.6. The first-order valence-electron chi connectivity index (χ1n) is 11.2. The van der Waals surface area contributed by atoms with Crippen LogP contribution in [0.25, 0.3) is 11.1 Å². The Kier molecular flexibility index (Phi) is 6.77. The van der Waals surface area contributed by atoms with Gasteiger partial charge in [0.2, 0.25) is 5.91 Å². The van der Waals surface area contributed by atoms with E-state index in [1.54, 1.807) is 6.20 Å². The van der Waals surface area contributed by atoms with Crippen LogP contribution in [0.3, 0.4) is 0 Å². The van der Waals surface area contributed by atoms with Crippen molar-refractivity contribution in [3.63, 3.8) is 0 Å². The third kappa shape index (κ3) is 5.02. The molecular weight excluding hydrogens is 386 g/mol. The molecule has 31 heavy (non-hydrogen) atoms. The van der Waals surface area contributed by atoms with E-state index in [-0.39, 0.29) is 11.8 Å².